The minimum atomic E-state index is -0.758. The average Bonchev–Trinajstić information content (AvgIpc) is 2.54. The van der Waals surface area contributed by atoms with Crippen LogP contribution in [0.15, 0.2) is 42.5 Å². The van der Waals surface area contributed by atoms with Crippen LogP contribution >= 0.6 is 0 Å². The minimum Gasteiger partial charge on any atom is -0.507 e. The molecule has 0 spiro atoms. The molecule has 122 valence electrons. The van der Waals surface area contributed by atoms with Crippen molar-refractivity contribution in [1.82, 2.24) is 4.90 Å². The first kappa shape index (κ1) is 17.0. The fourth-order valence-corrected chi connectivity index (χ4v) is 2.45. The third-order valence-electron chi connectivity index (χ3n) is 3.91. The van der Waals surface area contributed by atoms with Gasteiger partial charge >= 0.3 is 0 Å². The monoisotopic (exact) mass is 313 g/mol. The van der Waals surface area contributed by atoms with E-state index in [2.05, 4.69) is 0 Å². The SMILES string of the molecule is CCN(CC(O)c1ccc(C)cc1)C(=O)c1cc(C)ccc1O. The number of aryl methyl sites for hydroxylation is 2. The molecule has 2 aromatic rings. The molecule has 0 aliphatic carbocycles. The number of benzene rings is 2. The third kappa shape index (κ3) is 4.11. The zero-order valence-electron chi connectivity index (χ0n) is 13.8. The Bertz CT molecular complexity index is 680. The maximum atomic E-state index is 12.6. The van der Waals surface area contributed by atoms with Crippen molar-refractivity contribution < 1.29 is 15.0 Å². The van der Waals surface area contributed by atoms with Crippen molar-refractivity contribution in [2.24, 2.45) is 0 Å². The van der Waals surface area contributed by atoms with Crippen molar-refractivity contribution >= 4 is 5.91 Å². The molecule has 0 bridgehead atoms. The van der Waals surface area contributed by atoms with Crippen molar-refractivity contribution in [2.75, 3.05) is 13.1 Å². The number of phenols is 1. The number of carbonyl (C=O) groups is 1. The zero-order valence-corrected chi connectivity index (χ0v) is 13.8. The first-order valence-electron chi connectivity index (χ1n) is 7.76. The first-order chi connectivity index (χ1) is 10.9. The molecule has 1 unspecified atom stereocenters. The fourth-order valence-electron chi connectivity index (χ4n) is 2.45. The van der Waals surface area contributed by atoms with Crippen LogP contribution in [0.25, 0.3) is 0 Å². The molecule has 4 nitrogen and oxygen atoms in total. The van der Waals surface area contributed by atoms with E-state index in [0.29, 0.717) is 6.54 Å². The molecule has 1 atom stereocenters. The maximum absolute atomic E-state index is 12.6. The highest BCUT2D eigenvalue weighted by Crippen LogP contribution is 2.22. The molecule has 23 heavy (non-hydrogen) atoms. The van der Waals surface area contributed by atoms with E-state index in [0.717, 1.165) is 16.7 Å². The van der Waals surface area contributed by atoms with Crippen molar-refractivity contribution in [3.05, 3.63) is 64.7 Å². The first-order valence-corrected chi connectivity index (χ1v) is 7.76. The van der Waals surface area contributed by atoms with Gasteiger partial charge in [0.25, 0.3) is 5.91 Å². The summed E-state index contributed by atoms with van der Waals surface area (Å²) in [5, 5.41) is 20.3. The van der Waals surface area contributed by atoms with E-state index in [9.17, 15) is 15.0 Å². The number of hydrogen-bond acceptors (Lipinski definition) is 3. The third-order valence-corrected chi connectivity index (χ3v) is 3.91. The second kappa shape index (κ2) is 7.29. The number of aromatic hydroxyl groups is 1. The summed E-state index contributed by atoms with van der Waals surface area (Å²) in [6.45, 7) is 6.35. The van der Waals surface area contributed by atoms with Gasteiger partial charge in [-0.25, -0.2) is 0 Å². The van der Waals surface area contributed by atoms with Crippen LogP contribution in [-0.2, 0) is 0 Å². The van der Waals surface area contributed by atoms with Crippen molar-refractivity contribution in [2.45, 2.75) is 26.9 Å². The second-order valence-corrected chi connectivity index (χ2v) is 5.79. The highest BCUT2D eigenvalue weighted by molar-refractivity contribution is 5.97. The van der Waals surface area contributed by atoms with Gasteiger partial charge in [-0.15, -0.1) is 0 Å². The molecular weight excluding hydrogens is 290 g/mol. The Hall–Kier alpha value is -2.33. The van der Waals surface area contributed by atoms with Gasteiger partial charge in [-0.3, -0.25) is 4.79 Å². The number of amides is 1. The maximum Gasteiger partial charge on any atom is 0.257 e. The Morgan fingerprint density at radius 1 is 1.09 bits per heavy atom. The molecule has 0 fully saturated rings. The summed E-state index contributed by atoms with van der Waals surface area (Å²) >= 11 is 0. The Kier molecular flexibility index (Phi) is 5.40. The number of likely N-dealkylation sites (N-methyl/N-ethyl adjacent to an activating group) is 1. The fraction of sp³-hybridized carbons (Fsp3) is 0.316. The van der Waals surface area contributed by atoms with Gasteiger partial charge < -0.3 is 15.1 Å². The van der Waals surface area contributed by atoms with Crippen LogP contribution in [0.5, 0.6) is 5.75 Å². The van der Waals surface area contributed by atoms with Crippen molar-refractivity contribution in [3.63, 3.8) is 0 Å². The molecular formula is C19H23NO3. The smallest absolute Gasteiger partial charge is 0.257 e. The van der Waals surface area contributed by atoms with Crippen LogP contribution in [0.3, 0.4) is 0 Å². The predicted molar refractivity (Wildman–Crippen MR) is 90.6 cm³/mol. The summed E-state index contributed by atoms with van der Waals surface area (Å²) in [4.78, 5) is 14.2. The predicted octanol–water partition coefficient (Wildman–Crippen LogP) is 3.20. The number of carbonyl (C=O) groups excluding carboxylic acids is 1. The number of hydrogen-bond donors (Lipinski definition) is 2. The Morgan fingerprint density at radius 2 is 1.70 bits per heavy atom. The molecule has 2 aromatic carbocycles. The molecule has 0 saturated carbocycles. The van der Waals surface area contributed by atoms with Gasteiger partial charge in [0.15, 0.2) is 0 Å². The lowest BCUT2D eigenvalue weighted by Crippen LogP contribution is -2.34. The molecule has 0 aromatic heterocycles. The lowest BCUT2D eigenvalue weighted by atomic mass is 10.1. The zero-order chi connectivity index (χ0) is 17.0. The normalized spacial score (nSPS) is 12.0. The van der Waals surface area contributed by atoms with E-state index >= 15 is 0 Å². The topological polar surface area (TPSA) is 60.8 Å². The molecule has 1 amide bonds. The summed E-state index contributed by atoms with van der Waals surface area (Å²) in [6, 6.07) is 12.5. The number of aliphatic hydroxyl groups excluding tert-OH is 1. The number of rotatable bonds is 5. The quantitative estimate of drug-likeness (QED) is 0.891. The Morgan fingerprint density at radius 3 is 2.30 bits per heavy atom. The van der Waals surface area contributed by atoms with E-state index in [-0.39, 0.29) is 23.8 Å². The van der Waals surface area contributed by atoms with Crippen LogP contribution < -0.4 is 0 Å². The Balaban J connectivity index is 2.17. The summed E-state index contributed by atoms with van der Waals surface area (Å²) in [5.41, 5.74) is 3.06. The van der Waals surface area contributed by atoms with E-state index in [4.69, 9.17) is 0 Å². The molecule has 2 N–H and O–H groups in total. The molecule has 4 heteroatoms. The van der Waals surface area contributed by atoms with Crippen LogP contribution in [0.1, 0.15) is 40.1 Å². The lowest BCUT2D eigenvalue weighted by Gasteiger charge is -2.24. The van der Waals surface area contributed by atoms with Gasteiger partial charge in [0.1, 0.15) is 5.75 Å². The second-order valence-electron chi connectivity index (χ2n) is 5.79. The van der Waals surface area contributed by atoms with Crippen LogP contribution in [0.2, 0.25) is 0 Å². The van der Waals surface area contributed by atoms with Gasteiger partial charge in [0, 0.05) is 6.54 Å². The Labute approximate surface area is 137 Å². The molecule has 0 aliphatic heterocycles. The summed E-state index contributed by atoms with van der Waals surface area (Å²) in [5.74, 6) is -0.316. The van der Waals surface area contributed by atoms with Gasteiger partial charge in [0.2, 0.25) is 0 Å². The van der Waals surface area contributed by atoms with Crippen LogP contribution in [0.4, 0.5) is 0 Å². The van der Waals surface area contributed by atoms with E-state index in [1.54, 1.807) is 17.0 Å². The highest BCUT2D eigenvalue weighted by Gasteiger charge is 2.21. The van der Waals surface area contributed by atoms with Gasteiger partial charge in [-0.1, -0.05) is 41.5 Å². The van der Waals surface area contributed by atoms with Gasteiger partial charge in [0.05, 0.1) is 18.2 Å². The number of aliphatic hydroxyl groups is 1. The van der Waals surface area contributed by atoms with E-state index in [1.165, 1.54) is 6.07 Å². The van der Waals surface area contributed by atoms with Crippen molar-refractivity contribution in [3.8, 4) is 5.75 Å². The average molecular weight is 313 g/mol. The summed E-state index contributed by atoms with van der Waals surface area (Å²) < 4.78 is 0. The molecule has 0 saturated heterocycles. The largest absolute Gasteiger partial charge is 0.507 e. The number of nitrogens with zero attached hydrogens (tertiary/aromatic N) is 1. The summed E-state index contributed by atoms with van der Waals surface area (Å²) in [6.07, 6.45) is -0.758. The molecule has 0 radical (unpaired) electrons. The van der Waals surface area contributed by atoms with Gasteiger partial charge in [-0.05, 0) is 38.5 Å². The summed E-state index contributed by atoms with van der Waals surface area (Å²) in [7, 11) is 0. The standard InChI is InChI=1S/C19H23NO3/c1-4-20(12-18(22)15-8-5-13(2)6-9-15)19(23)16-11-14(3)7-10-17(16)21/h5-11,18,21-22H,4,12H2,1-3H3. The van der Waals surface area contributed by atoms with Crippen LogP contribution in [0, 0.1) is 13.8 Å². The van der Waals surface area contributed by atoms with Gasteiger partial charge in [-0.2, -0.15) is 0 Å². The van der Waals surface area contributed by atoms with E-state index < -0.39 is 6.10 Å². The molecule has 0 aliphatic rings. The van der Waals surface area contributed by atoms with Crippen LogP contribution in [-0.4, -0.2) is 34.1 Å². The highest BCUT2D eigenvalue weighted by atomic mass is 16.3. The molecule has 0 heterocycles. The van der Waals surface area contributed by atoms with E-state index in [1.807, 2.05) is 45.0 Å². The lowest BCUT2D eigenvalue weighted by molar-refractivity contribution is 0.0632. The minimum absolute atomic E-state index is 0.0381. The number of phenolic OH excluding ortho intramolecular Hbond substituents is 1. The van der Waals surface area contributed by atoms with Crippen molar-refractivity contribution in [1.29, 1.82) is 0 Å². The molecule has 2 rings (SSSR count).